The van der Waals surface area contributed by atoms with Gasteiger partial charge in [-0.15, -0.1) is 11.8 Å². The highest BCUT2D eigenvalue weighted by atomic mass is 32.2. The quantitative estimate of drug-likeness (QED) is 0.0365. The van der Waals surface area contributed by atoms with Crippen LogP contribution in [0.2, 0.25) is 0 Å². The largest absolute Gasteiger partial charge is 0.508 e. The molecule has 1 aromatic heterocycles. The molecule has 8 rings (SSSR count). The van der Waals surface area contributed by atoms with Gasteiger partial charge in [0.15, 0.2) is 0 Å². The lowest BCUT2D eigenvalue weighted by atomic mass is 9.98. The van der Waals surface area contributed by atoms with Gasteiger partial charge in [-0.05, 0) is 88.4 Å². The Morgan fingerprint density at radius 3 is 1.45 bits per heavy atom. The minimum atomic E-state index is -2.02. The zero-order valence-electron chi connectivity index (χ0n) is 75.2. The molecule has 706 valence electrons. The molecule has 38 heteroatoms. The Morgan fingerprint density at radius 1 is 0.470 bits per heavy atom. The van der Waals surface area contributed by atoms with Crippen LogP contribution in [0.4, 0.5) is 0 Å². The number of phenols is 2. The van der Waals surface area contributed by atoms with Crippen molar-refractivity contribution in [3.63, 3.8) is 0 Å². The number of primary amides is 1. The van der Waals surface area contributed by atoms with Crippen LogP contribution in [-0.2, 0) is 115 Å². The van der Waals surface area contributed by atoms with E-state index in [0.717, 1.165) is 31.4 Å². The molecule has 1 fully saturated rings. The maximum Gasteiger partial charge on any atom is 0.305 e. The molecule has 1 aliphatic heterocycles. The van der Waals surface area contributed by atoms with E-state index in [9.17, 15) is 58.8 Å². The van der Waals surface area contributed by atoms with Gasteiger partial charge in [-0.1, -0.05) is 190 Å². The van der Waals surface area contributed by atoms with E-state index in [1.807, 2.05) is 0 Å². The van der Waals surface area contributed by atoms with Crippen LogP contribution in [0, 0.1) is 11.8 Å². The molecule has 132 heavy (non-hydrogen) atoms. The number of aromatic hydroxyl groups is 2. The summed E-state index contributed by atoms with van der Waals surface area (Å²) in [6.07, 6.45) is -1.18. The number of hydrogen-bond acceptors (Lipinski definition) is 19. The fraction of sp³-hybridized carbons (Fsp3) is 0.415. The number of carboxylic acid groups (broad SMARTS) is 1. The van der Waals surface area contributed by atoms with Gasteiger partial charge in [-0.25, -0.2) is 0 Å². The van der Waals surface area contributed by atoms with Gasteiger partial charge in [0.25, 0.3) is 0 Å². The number of thioether (sulfide) groups is 1. The number of likely N-dealkylation sites (N-methyl/N-ethyl adjacent to an activating group) is 4. The summed E-state index contributed by atoms with van der Waals surface area (Å²) in [5.41, 5.74) is 8.37. The minimum Gasteiger partial charge on any atom is -0.508 e. The topological polar surface area (TPSA) is 529 Å². The lowest BCUT2D eigenvalue weighted by Gasteiger charge is -2.36. The van der Waals surface area contributed by atoms with E-state index in [1.54, 1.807) is 156 Å². The molecule has 1 aliphatic rings. The first-order valence-corrected chi connectivity index (χ1v) is 45.0. The minimum absolute atomic E-state index is 0.0994. The highest BCUT2D eigenvalue weighted by Gasteiger charge is 2.43. The number of hydrogen-bond donors (Lipinski definition) is 16. The Labute approximate surface area is 771 Å². The molecule has 0 saturated carbocycles. The number of carbonyl (C=O) groups excluding carboxylic acids is 15. The van der Waals surface area contributed by atoms with Crippen molar-refractivity contribution < 1.29 is 97.1 Å². The number of carbonyl (C=O) groups is 16. The average Bonchev–Trinajstić information content (AvgIpc) is 1.28. The lowest BCUT2D eigenvalue weighted by Crippen LogP contribution is -2.62. The molecule has 0 spiro atoms. The number of H-pyrrole nitrogens is 1. The van der Waals surface area contributed by atoms with Crippen LogP contribution in [0.25, 0.3) is 10.9 Å². The maximum atomic E-state index is 15.6. The third kappa shape index (κ3) is 31.7. The Balaban J connectivity index is 1.23. The summed E-state index contributed by atoms with van der Waals surface area (Å²) in [4.78, 5) is 244. The van der Waals surface area contributed by atoms with Crippen LogP contribution >= 0.6 is 20.6 Å². The molecule has 7 aromatic rings. The number of rotatable bonds is 25. The molecule has 6 aromatic carbocycles. The van der Waals surface area contributed by atoms with Gasteiger partial charge in [0, 0.05) is 96.0 Å². The average molecular weight is 1860 g/mol. The molecule has 36 nitrogen and oxygen atoms in total. The van der Waals surface area contributed by atoms with Gasteiger partial charge < -0.3 is 104 Å². The third-order valence-electron chi connectivity index (χ3n) is 22.3. The molecule has 0 radical (unpaired) electrons. The monoisotopic (exact) mass is 1850 g/mol. The number of aliphatic hydroxyl groups excluding tert-OH is 1. The number of unbranched alkanes of at least 4 members (excludes halogenated alkanes) is 1. The summed E-state index contributed by atoms with van der Waals surface area (Å²) >= 11 is 0.808. The SMILES string of the molecule is CCCC[C@H]1C(=O)N[C@H](CC(=O)O)C(=O)N[C@@H](CC(O)=P)C(=O)N[C@@H](C(C)C)C(=O)N(C)[C@@H](Cc2ccccc2)C(=O)N[C@@H](Cc2ccc(O)cc2)C(=O)N(C)CC(=O)N[C@@H](Cc2c[nH]c3ccccc23)C(=O)N[C@@H](Cc2ccc(O)cc2)C(=O)N[C@@H](CC(C)C)C(=O)N[C@H](C(=O)NCC(N)=O)CSCC(=O)N[C@@H](Cc2ccccc2)C(=O)N(C)[C@@H](Cc2ccccc2)C(=O)N1C. The number of aromatic nitrogens is 1. The first-order chi connectivity index (χ1) is 62.8. The van der Waals surface area contributed by atoms with Crippen LogP contribution in [-0.4, -0.2) is 270 Å². The van der Waals surface area contributed by atoms with Crippen molar-refractivity contribution in [2.75, 3.05) is 52.8 Å². The smallest absolute Gasteiger partial charge is 0.305 e. The molecule has 0 bridgehead atoms. The van der Waals surface area contributed by atoms with E-state index in [0.29, 0.717) is 50.7 Å². The molecule has 15 amide bonds. The van der Waals surface area contributed by atoms with Gasteiger partial charge in [-0.2, -0.15) is 0 Å². The van der Waals surface area contributed by atoms with Gasteiger partial charge in [0.2, 0.25) is 88.6 Å². The fourth-order valence-corrected chi connectivity index (χ4v) is 16.2. The van der Waals surface area contributed by atoms with Crippen LogP contribution in [0.15, 0.2) is 170 Å². The summed E-state index contributed by atoms with van der Waals surface area (Å²) in [5.74, 6) is -18.4. The van der Waals surface area contributed by atoms with E-state index >= 15 is 38.4 Å². The van der Waals surface area contributed by atoms with Crippen molar-refractivity contribution in [3.8, 4) is 11.5 Å². The molecule has 1 saturated heterocycles. The van der Waals surface area contributed by atoms with Crippen LogP contribution < -0.4 is 58.9 Å². The second-order valence-electron chi connectivity index (χ2n) is 33.5. The molecule has 17 N–H and O–H groups in total. The highest BCUT2D eigenvalue weighted by molar-refractivity contribution is 8.00. The van der Waals surface area contributed by atoms with Crippen molar-refractivity contribution in [3.05, 3.63) is 203 Å². The number of amides is 15. The number of nitrogens with zero attached hydrogens (tertiary/aromatic N) is 4. The van der Waals surface area contributed by atoms with Gasteiger partial charge >= 0.3 is 5.97 Å². The molecular weight excluding hydrogens is 1740 g/mol. The second-order valence-corrected chi connectivity index (χ2v) is 35.1. The Bertz CT molecular complexity index is 5210. The zero-order valence-corrected chi connectivity index (χ0v) is 77.0. The first-order valence-electron chi connectivity index (χ1n) is 43.4. The molecule has 0 unspecified atom stereocenters. The number of benzene rings is 6. The number of carboxylic acids is 1. The van der Waals surface area contributed by atoms with Crippen molar-refractivity contribution in [2.24, 2.45) is 17.6 Å². The number of aliphatic hydroxyl groups is 1. The number of para-hydroxylation sites is 1. The van der Waals surface area contributed by atoms with E-state index in [-0.39, 0.29) is 75.2 Å². The van der Waals surface area contributed by atoms with Crippen molar-refractivity contribution in [1.29, 1.82) is 0 Å². The molecule has 2 heterocycles. The molecule has 0 aliphatic carbocycles. The lowest BCUT2D eigenvalue weighted by molar-refractivity contribution is -0.149. The second kappa shape index (κ2) is 50.6. The van der Waals surface area contributed by atoms with Crippen molar-refractivity contribution >= 4 is 132 Å². The Morgan fingerprint density at radius 2 is 0.909 bits per heavy atom. The van der Waals surface area contributed by atoms with E-state index < -0.39 is 216 Å². The predicted octanol–water partition coefficient (Wildman–Crippen LogP) is 2.39. The van der Waals surface area contributed by atoms with E-state index in [2.05, 4.69) is 67.0 Å². The number of nitrogens with one attached hydrogen (secondary N) is 11. The van der Waals surface area contributed by atoms with E-state index in [4.69, 9.17) is 5.73 Å². The summed E-state index contributed by atoms with van der Waals surface area (Å²) in [5, 5.41) is 69.0. The molecular formula is C94H119N16O20PS. The maximum absolute atomic E-state index is 15.6. The number of nitrogens with two attached hydrogens (primary N) is 1. The first kappa shape index (κ1) is 104. The van der Waals surface area contributed by atoms with Crippen molar-refractivity contribution in [2.45, 2.75) is 184 Å². The summed E-state index contributed by atoms with van der Waals surface area (Å²) < 4.78 is 0. The van der Waals surface area contributed by atoms with E-state index in [1.165, 1.54) is 76.7 Å². The number of fused-ring (bicyclic) bond motifs is 1. The summed E-state index contributed by atoms with van der Waals surface area (Å²) in [7, 11) is 8.14. The Kier molecular flexibility index (Phi) is 39.8. The van der Waals surface area contributed by atoms with Crippen LogP contribution in [0.3, 0.4) is 0 Å². The normalized spacial score (nSPS) is 22.1. The number of aliphatic carboxylic acids is 1. The summed E-state index contributed by atoms with van der Waals surface area (Å²) in [6.45, 7) is 6.88. The number of phenolic OH excluding ortho intramolecular Hbond substituents is 2. The van der Waals surface area contributed by atoms with Crippen LogP contribution in [0.5, 0.6) is 11.5 Å². The van der Waals surface area contributed by atoms with Crippen LogP contribution in [0.1, 0.15) is 107 Å². The summed E-state index contributed by atoms with van der Waals surface area (Å²) in [6, 6.07) is 24.5. The predicted molar refractivity (Wildman–Crippen MR) is 496 cm³/mol. The van der Waals surface area contributed by atoms with Gasteiger partial charge in [-0.3, -0.25) is 76.7 Å². The standard InChI is InChI=1S/C94H119N16O20PS/c1-10-11-31-74-89(125)103-69(47-80(116)117)87(123)102-70(48-81(118)131)88(124)106-82(55(4)5)94(130)109(8)75(44-57-25-17-13-18-26-57)90(126)104-71(43-60-34-38-63(112)39-35-60)91(127)107(6)51-78(114)98-68(46-61-49-96-65-30-22-21-29-64(61)65)86(122)101-67(41-59-32-36-62(111)37-33-59)85(121)100-66(40-54(2)3)84(120)105-73(83(119)97-50-77(95)113)52-132-53-79(115)99-72(42-56-23-15-12-16-24-56)92(128)110(9)76(93(129)108(74)7)45-58-27-19-14-20-28-58/h12-30,32-39,49,54-55,66-76,82,96,111-112,118,131H,10-11,31,40-48,50-53H2,1-9H3,(H2,95,113)(H,97,119)(H,98,114)(H,99,115)(H,100,121)(H,101,122)(H,102,123)(H,103,125)(H,104,126)(H,105,120)(H,106,124)(H,116,117)/t66-,67-,68-,69+,70-,71-,72-,73-,74-,75-,76-,82-/m0/s1. The van der Waals surface area contributed by atoms with Gasteiger partial charge in [0.1, 0.15) is 84.0 Å². The van der Waals surface area contributed by atoms with Gasteiger partial charge in [0.05, 0.1) is 30.7 Å². The Hall–Kier alpha value is -13.5. The third-order valence-corrected chi connectivity index (χ3v) is 23.6. The highest BCUT2D eigenvalue weighted by Crippen LogP contribution is 2.25. The fourth-order valence-electron chi connectivity index (χ4n) is 15.1. The number of aromatic amines is 1. The van der Waals surface area contributed by atoms with Crippen molar-refractivity contribution in [1.82, 2.24) is 77.8 Å². The zero-order chi connectivity index (χ0) is 96.6. The molecule has 12 atom stereocenters.